The van der Waals surface area contributed by atoms with Crippen molar-refractivity contribution in [1.82, 2.24) is 0 Å². The van der Waals surface area contributed by atoms with Crippen LogP contribution >= 0.6 is 15.9 Å². The predicted octanol–water partition coefficient (Wildman–Crippen LogP) is 3.68. The molecule has 0 aliphatic heterocycles. The van der Waals surface area contributed by atoms with E-state index < -0.39 is 0 Å². The van der Waals surface area contributed by atoms with Gasteiger partial charge in [0.05, 0.1) is 0 Å². The van der Waals surface area contributed by atoms with Crippen molar-refractivity contribution in [1.29, 1.82) is 5.41 Å². The highest BCUT2D eigenvalue weighted by atomic mass is 79.9. The number of nitrogens with zero attached hydrogens (tertiary/aromatic N) is 1. The molecule has 20 heavy (non-hydrogen) atoms. The summed E-state index contributed by atoms with van der Waals surface area (Å²) >= 11 is 3.47. The summed E-state index contributed by atoms with van der Waals surface area (Å²) in [6.07, 6.45) is 0. The highest BCUT2D eigenvalue weighted by molar-refractivity contribution is 9.10. The molecule has 0 saturated heterocycles. The summed E-state index contributed by atoms with van der Waals surface area (Å²) in [7, 11) is 2.05. The molecule has 3 N–H and O–H groups in total. The van der Waals surface area contributed by atoms with E-state index in [0.717, 1.165) is 22.3 Å². The van der Waals surface area contributed by atoms with Crippen LogP contribution in [-0.2, 0) is 6.54 Å². The smallest absolute Gasteiger partial charge is 0.123 e. The van der Waals surface area contributed by atoms with Crippen molar-refractivity contribution in [3.05, 3.63) is 63.6 Å². The second-order valence-corrected chi connectivity index (χ2v) is 5.78. The minimum absolute atomic E-state index is 0.0739. The normalized spacial score (nSPS) is 10.3. The van der Waals surface area contributed by atoms with Gasteiger partial charge in [0.1, 0.15) is 5.84 Å². The van der Waals surface area contributed by atoms with Gasteiger partial charge in [0.2, 0.25) is 0 Å². The number of anilines is 1. The van der Waals surface area contributed by atoms with Crippen LogP contribution in [0.5, 0.6) is 0 Å². The van der Waals surface area contributed by atoms with Gasteiger partial charge in [-0.3, -0.25) is 5.41 Å². The van der Waals surface area contributed by atoms with Crippen molar-refractivity contribution in [3.63, 3.8) is 0 Å². The van der Waals surface area contributed by atoms with Gasteiger partial charge in [0.25, 0.3) is 0 Å². The molecule has 0 atom stereocenters. The molecule has 0 spiro atoms. The molecule has 0 unspecified atom stereocenters. The number of amidine groups is 1. The minimum atomic E-state index is 0.0739. The summed E-state index contributed by atoms with van der Waals surface area (Å²) in [6.45, 7) is 2.94. The van der Waals surface area contributed by atoms with Gasteiger partial charge in [-0.2, -0.15) is 0 Å². The van der Waals surface area contributed by atoms with Gasteiger partial charge < -0.3 is 10.6 Å². The van der Waals surface area contributed by atoms with E-state index in [2.05, 4.69) is 59.1 Å². The third kappa shape index (κ3) is 3.39. The van der Waals surface area contributed by atoms with E-state index in [1.807, 2.05) is 18.2 Å². The first-order valence-corrected chi connectivity index (χ1v) is 7.17. The van der Waals surface area contributed by atoms with Gasteiger partial charge in [-0.15, -0.1) is 0 Å². The predicted molar refractivity (Wildman–Crippen MR) is 88.4 cm³/mol. The van der Waals surface area contributed by atoms with Crippen LogP contribution < -0.4 is 10.6 Å². The number of hydrogen-bond donors (Lipinski definition) is 2. The Morgan fingerprint density at radius 3 is 2.60 bits per heavy atom. The molecule has 0 aliphatic rings. The van der Waals surface area contributed by atoms with Gasteiger partial charge >= 0.3 is 0 Å². The largest absolute Gasteiger partial charge is 0.384 e. The van der Waals surface area contributed by atoms with Crippen molar-refractivity contribution >= 4 is 27.5 Å². The maximum Gasteiger partial charge on any atom is 0.123 e. The molecule has 0 amide bonds. The fraction of sp³-hybridized carbons (Fsp3) is 0.188. The maximum atomic E-state index is 7.49. The number of nitrogens with two attached hydrogens (primary N) is 1. The lowest BCUT2D eigenvalue weighted by Gasteiger charge is -2.20. The van der Waals surface area contributed by atoms with Crippen LogP contribution in [0.1, 0.15) is 16.7 Å². The van der Waals surface area contributed by atoms with E-state index in [1.165, 1.54) is 11.1 Å². The minimum Gasteiger partial charge on any atom is -0.384 e. The number of rotatable bonds is 4. The third-order valence-corrected chi connectivity index (χ3v) is 3.84. The first-order chi connectivity index (χ1) is 9.47. The van der Waals surface area contributed by atoms with E-state index >= 15 is 0 Å². The van der Waals surface area contributed by atoms with Crippen molar-refractivity contribution < 1.29 is 0 Å². The van der Waals surface area contributed by atoms with Gasteiger partial charge in [-0.25, -0.2) is 0 Å². The van der Waals surface area contributed by atoms with Crippen LogP contribution in [0, 0.1) is 12.3 Å². The number of aryl methyl sites for hydroxylation is 1. The molecular weight excluding hydrogens is 314 g/mol. The molecule has 104 valence electrons. The molecule has 3 nitrogen and oxygen atoms in total. The van der Waals surface area contributed by atoms with E-state index in [0.29, 0.717) is 0 Å². The Balaban J connectivity index is 2.19. The van der Waals surface area contributed by atoms with Gasteiger partial charge in [-0.1, -0.05) is 29.8 Å². The van der Waals surface area contributed by atoms with Crippen molar-refractivity contribution in [2.75, 3.05) is 11.9 Å². The number of hydrogen-bond acceptors (Lipinski definition) is 2. The lowest BCUT2D eigenvalue weighted by molar-refractivity contribution is 0.921. The molecule has 2 aromatic carbocycles. The Hall–Kier alpha value is -1.81. The quantitative estimate of drug-likeness (QED) is 0.663. The highest BCUT2D eigenvalue weighted by Gasteiger charge is 2.07. The maximum absolute atomic E-state index is 7.49. The molecule has 2 aromatic rings. The summed E-state index contributed by atoms with van der Waals surface area (Å²) in [4.78, 5) is 2.17. The monoisotopic (exact) mass is 331 g/mol. The number of halogens is 1. The first kappa shape index (κ1) is 14.6. The van der Waals surface area contributed by atoms with Crippen LogP contribution in [0.3, 0.4) is 0 Å². The Kier molecular flexibility index (Phi) is 4.45. The molecule has 0 fully saturated rings. The standard InChI is InChI=1S/C16H18BrN3/c1-11-4-3-5-12(8-11)10-20(2)13-6-7-14(16(18)19)15(17)9-13/h3-9H,10H2,1-2H3,(H3,18,19). The summed E-state index contributed by atoms with van der Waals surface area (Å²) in [6, 6.07) is 14.3. The lowest BCUT2D eigenvalue weighted by Crippen LogP contribution is -2.17. The fourth-order valence-electron chi connectivity index (χ4n) is 2.14. The molecule has 2 rings (SSSR count). The Bertz CT molecular complexity index is 637. The zero-order chi connectivity index (χ0) is 14.7. The zero-order valence-corrected chi connectivity index (χ0v) is 13.2. The molecule has 0 heterocycles. The van der Waals surface area contributed by atoms with Crippen molar-refractivity contribution in [2.45, 2.75) is 13.5 Å². The average molecular weight is 332 g/mol. The van der Waals surface area contributed by atoms with Crippen molar-refractivity contribution in [3.8, 4) is 0 Å². The van der Waals surface area contributed by atoms with E-state index in [9.17, 15) is 0 Å². The van der Waals surface area contributed by atoms with Crippen LogP contribution in [0.4, 0.5) is 5.69 Å². The van der Waals surface area contributed by atoms with E-state index in [-0.39, 0.29) is 5.84 Å². The zero-order valence-electron chi connectivity index (χ0n) is 11.7. The number of benzene rings is 2. The molecule has 4 heteroatoms. The molecule has 0 aromatic heterocycles. The molecular formula is C16H18BrN3. The SMILES string of the molecule is Cc1cccc(CN(C)c2ccc(C(=N)N)c(Br)c2)c1. The summed E-state index contributed by atoms with van der Waals surface area (Å²) < 4.78 is 0.846. The molecule has 0 aliphatic carbocycles. The summed E-state index contributed by atoms with van der Waals surface area (Å²) in [5.74, 6) is 0.0739. The summed E-state index contributed by atoms with van der Waals surface area (Å²) in [5.41, 5.74) is 9.87. The molecule has 0 bridgehead atoms. The second kappa shape index (κ2) is 6.09. The average Bonchev–Trinajstić information content (AvgIpc) is 2.38. The number of nitrogens with one attached hydrogen (secondary N) is 1. The second-order valence-electron chi connectivity index (χ2n) is 4.92. The molecule has 0 saturated carbocycles. The van der Waals surface area contributed by atoms with Gasteiger partial charge in [0, 0.05) is 29.3 Å². The first-order valence-electron chi connectivity index (χ1n) is 6.38. The molecule has 0 radical (unpaired) electrons. The van der Waals surface area contributed by atoms with Gasteiger partial charge in [0.15, 0.2) is 0 Å². The van der Waals surface area contributed by atoms with Crippen molar-refractivity contribution in [2.24, 2.45) is 5.73 Å². The fourth-order valence-corrected chi connectivity index (χ4v) is 2.72. The van der Waals surface area contributed by atoms with E-state index in [4.69, 9.17) is 11.1 Å². The Morgan fingerprint density at radius 1 is 1.25 bits per heavy atom. The van der Waals surface area contributed by atoms with Crippen LogP contribution in [0.2, 0.25) is 0 Å². The Labute approximate surface area is 128 Å². The van der Waals surface area contributed by atoms with Crippen LogP contribution in [-0.4, -0.2) is 12.9 Å². The topological polar surface area (TPSA) is 53.1 Å². The summed E-state index contributed by atoms with van der Waals surface area (Å²) in [5, 5.41) is 7.49. The van der Waals surface area contributed by atoms with Crippen LogP contribution in [0.15, 0.2) is 46.9 Å². The Morgan fingerprint density at radius 2 is 2.00 bits per heavy atom. The highest BCUT2D eigenvalue weighted by Crippen LogP contribution is 2.24. The van der Waals surface area contributed by atoms with Crippen LogP contribution in [0.25, 0.3) is 0 Å². The lowest BCUT2D eigenvalue weighted by atomic mass is 10.1. The van der Waals surface area contributed by atoms with Gasteiger partial charge in [-0.05, 0) is 46.6 Å². The number of nitrogen functional groups attached to an aromatic ring is 1. The van der Waals surface area contributed by atoms with E-state index in [1.54, 1.807) is 0 Å². The third-order valence-electron chi connectivity index (χ3n) is 3.19.